The lowest BCUT2D eigenvalue weighted by Gasteiger charge is -2.08. The Kier molecular flexibility index (Phi) is 3.75. The van der Waals surface area contributed by atoms with Crippen LogP contribution in [0, 0.1) is 0 Å². The summed E-state index contributed by atoms with van der Waals surface area (Å²) in [6.07, 6.45) is 0. The lowest BCUT2D eigenvalue weighted by molar-refractivity contribution is 0.0691. The summed E-state index contributed by atoms with van der Waals surface area (Å²) in [7, 11) is 1.69. The number of halogens is 2. The molecule has 1 N–H and O–H groups in total. The highest BCUT2D eigenvalue weighted by Gasteiger charge is 2.23. The van der Waals surface area contributed by atoms with Gasteiger partial charge in [-0.25, -0.2) is 4.79 Å². The number of aryl methyl sites for hydroxylation is 1. The minimum absolute atomic E-state index is 0.215. The van der Waals surface area contributed by atoms with Crippen LogP contribution in [0.5, 0.6) is 0 Å². The van der Waals surface area contributed by atoms with Gasteiger partial charge in [0.25, 0.3) is 5.56 Å². The Morgan fingerprint density at radius 1 is 1.12 bits per heavy atom. The van der Waals surface area contributed by atoms with E-state index in [0.717, 1.165) is 4.68 Å². The summed E-state index contributed by atoms with van der Waals surface area (Å²) in [5, 5.41) is 15.6. The molecule has 0 aliphatic carbocycles. The molecule has 130 valence electrons. The first-order valence-electron chi connectivity index (χ1n) is 7.58. The number of benzene rings is 2. The van der Waals surface area contributed by atoms with Crippen LogP contribution in [-0.2, 0) is 7.05 Å². The highest BCUT2D eigenvalue weighted by atomic mass is 35.5. The van der Waals surface area contributed by atoms with E-state index in [1.165, 1.54) is 0 Å². The van der Waals surface area contributed by atoms with Gasteiger partial charge in [-0.1, -0.05) is 35.3 Å². The summed E-state index contributed by atoms with van der Waals surface area (Å²) in [5.74, 6) is -1.23. The van der Waals surface area contributed by atoms with E-state index in [0.29, 0.717) is 26.6 Å². The van der Waals surface area contributed by atoms with Crippen LogP contribution in [0.15, 0.2) is 47.3 Å². The standard InChI is InChI=1S/C18H11Cl2N3O3/c1-22-13-8-10(20)5-6-12(13)14-15(18(25)26)21-23(17(24)16(14)22)11-4-2-3-9(19)7-11/h2-8H,1H3,(H,25,26). The van der Waals surface area contributed by atoms with Gasteiger partial charge in [0.2, 0.25) is 0 Å². The van der Waals surface area contributed by atoms with Gasteiger partial charge in [-0.2, -0.15) is 9.78 Å². The Morgan fingerprint density at radius 3 is 2.54 bits per heavy atom. The van der Waals surface area contributed by atoms with Crippen molar-refractivity contribution in [3.8, 4) is 5.69 Å². The average Bonchev–Trinajstić information content (AvgIpc) is 2.88. The molecule has 0 spiro atoms. The molecule has 8 heteroatoms. The maximum Gasteiger partial charge on any atom is 0.357 e. The number of carboxylic acid groups (broad SMARTS) is 1. The number of carbonyl (C=O) groups is 1. The SMILES string of the molecule is Cn1c2cc(Cl)ccc2c2c(C(=O)O)nn(-c3cccc(Cl)c3)c(=O)c21. The quantitative estimate of drug-likeness (QED) is 0.565. The van der Waals surface area contributed by atoms with E-state index >= 15 is 0 Å². The molecule has 4 rings (SSSR count). The van der Waals surface area contributed by atoms with E-state index in [1.54, 1.807) is 54.1 Å². The van der Waals surface area contributed by atoms with Crippen molar-refractivity contribution in [1.82, 2.24) is 14.3 Å². The Hall–Kier alpha value is -2.83. The van der Waals surface area contributed by atoms with Gasteiger partial charge in [0, 0.05) is 27.9 Å². The van der Waals surface area contributed by atoms with Crippen molar-refractivity contribution >= 4 is 51.0 Å². The minimum atomic E-state index is -1.23. The molecule has 0 fully saturated rings. The molecule has 0 unspecified atom stereocenters. The summed E-state index contributed by atoms with van der Waals surface area (Å²) in [6.45, 7) is 0. The summed E-state index contributed by atoms with van der Waals surface area (Å²) in [6, 6.07) is 11.5. The summed E-state index contributed by atoms with van der Waals surface area (Å²) in [5.41, 5.74) is 0.608. The minimum Gasteiger partial charge on any atom is -0.476 e. The third kappa shape index (κ3) is 2.38. The fourth-order valence-corrected chi connectivity index (χ4v) is 3.48. The molecular weight excluding hydrogens is 377 g/mol. The smallest absolute Gasteiger partial charge is 0.357 e. The van der Waals surface area contributed by atoms with Crippen molar-refractivity contribution < 1.29 is 9.90 Å². The topological polar surface area (TPSA) is 77.1 Å². The first kappa shape index (κ1) is 16.6. The molecule has 2 aromatic carbocycles. The zero-order chi connectivity index (χ0) is 18.6. The fourth-order valence-electron chi connectivity index (χ4n) is 3.13. The van der Waals surface area contributed by atoms with Crippen molar-refractivity contribution in [2.45, 2.75) is 0 Å². The van der Waals surface area contributed by atoms with Gasteiger partial charge in [-0.05, 0) is 30.3 Å². The maximum atomic E-state index is 13.1. The maximum absolute atomic E-state index is 13.1. The van der Waals surface area contributed by atoms with Gasteiger partial charge in [0.1, 0.15) is 5.52 Å². The fraction of sp³-hybridized carbons (Fsp3) is 0.0556. The molecule has 0 aliphatic rings. The van der Waals surface area contributed by atoms with Gasteiger partial charge < -0.3 is 9.67 Å². The van der Waals surface area contributed by atoms with Crippen LogP contribution in [0.2, 0.25) is 10.0 Å². The highest BCUT2D eigenvalue weighted by Crippen LogP contribution is 2.30. The largest absolute Gasteiger partial charge is 0.476 e. The van der Waals surface area contributed by atoms with E-state index in [2.05, 4.69) is 5.10 Å². The van der Waals surface area contributed by atoms with E-state index < -0.39 is 11.5 Å². The van der Waals surface area contributed by atoms with Crippen molar-refractivity contribution in [1.29, 1.82) is 0 Å². The zero-order valence-corrected chi connectivity index (χ0v) is 14.9. The first-order valence-corrected chi connectivity index (χ1v) is 8.34. The number of carboxylic acids is 1. The van der Waals surface area contributed by atoms with Crippen molar-refractivity contribution in [3.63, 3.8) is 0 Å². The molecule has 4 aromatic rings. The third-order valence-electron chi connectivity index (χ3n) is 4.25. The van der Waals surface area contributed by atoms with E-state index in [9.17, 15) is 14.7 Å². The second-order valence-corrected chi connectivity index (χ2v) is 6.67. The molecule has 6 nitrogen and oxygen atoms in total. The molecule has 0 aliphatic heterocycles. The molecule has 0 saturated carbocycles. The van der Waals surface area contributed by atoms with Crippen molar-refractivity contribution in [2.24, 2.45) is 7.05 Å². The Morgan fingerprint density at radius 2 is 1.85 bits per heavy atom. The monoisotopic (exact) mass is 387 g/mol. The molecule has 26 heavy (non-hydrogen) atoms. The first-order chi connectivity index (χ1) is 12.4. The average molecular weight is 388 g/mol. The Labute approximate surface area is 156 Å². The molecule has 2 heterocycles. The van der Waals surface area contributed by atoms with Gasteiger partial charge >= 0.3 is 5.97 Å². The lowest BCUT2D eigenvalue weighted by Crippen LogP contribution is -2.25. The normalized spacial score (nSPS) is 11.3. The molecule has 0 atom stereocenters. The molecule has 2 aromatic heterocycles. The second-order valence-electron chi connectivity index (χ2n) is 5.79. The van der Waals surface area contributed by atoms with Crippen molar-refractivity contribution in [2.75, 3.05) is 0 Å². The lowest BCUT2D eigenvalue weighted by atomic mass is 10.1. The summed E-state index contributed by atoms with van der Waals surface area (Å²) < 4.78 is 2.69. The van der Waals surface area contributed by atoms with E-state index in [1.807, 2.05) is 0 Å². The van der Waals surface area contributed by atoms with Gasteiger partial charge in [0.15, 0.2) is 5.69 Å². The van der Waals surface area contributed by atoms with Crippen LogP contribution in [0.1, 0.15) is 10.5 Å². The van der Waals surface area contributed by atoms with Crippen LogP contribution >= 0.6 is 23.2 Å². The molecule has 0 saturated heterocycles. The van der Waals surface area contributed by atoms with Gasteiger partial charge in [-0.3, -0.25) is 4.79 Å². The molecule has 0 bridgehead atoms. The zero-order valence-electron chi connectivity index (χ0n) is 13.4. The number of hydrogen-bond acceptors (Lipinski definition) is 3. The van der Waals surface area contributed by atoms with Crippen LogP contribution in [0.4, 0.5) is 0 Å². The van der Waals surface area contributed by atoms with Crippen LogP contribution in [0.3, 0.4) is 0 Å². The Balaban J connectivity index is 2.23. The highest BCUT2D eigenvalue weighted by molar-refractivity contribution is 6.32. The van der Waals surface area contributed by atoms with E-state index in [-0.39, 0.29) is 16.6 Å². The summed E-state index contributed by atoms with van der Waals surface area (Å²) in [4.78, 5) is 25.0. The number of aromatic nitrogens is 3. The third-order valence-corrected chi connectivity index (χ3v) is 4.72. The Bertz CT molecular complexity index is 1270. The van der Waals surface area contributed by atoms with Gasteiger partial charge in [-0.15, -0.1) is 0 Å². The van der Waals surface area contributed by atoms with Gasteiger partial charge in [0.05, 0.1) is 11.2 Å². The van der Waals surface area contributed by atoms with Crippen LogP contribution in [0.25, 0.3) is 27.5 Å². The number of aromatic carboxylic acids is 1. The summed E-state index contributed by atoms with van der Waals surface area (Å²) >= 11 is 12.1. The van der Waals surface area contributed by atoms with Crippen molar-refractivity contribution in [3.05, 3.63) is 68.6 Å². The number of fused-ring (bicyclic) bond motifs is 3. The molecule has 0 amide bonds. The molecular formula is C18H11Cl2N3O3. The predicted octanol–water partition coefficient (Wildman–Crippen LogP) is 3.88. The van der Waals surface area contributed by atoms with E-state index in [4.69, 9.17) is 23.2 Å². The number of rotatable bonds is 2. The number of hydrogen-bond donors (Lipinski definition) is 1. The predicted molar refractivity (Wildman–Crippen MR) is 101 cm³/mol. The number of nitrogens with zero attached hydrogens (tertiary/aromatic N) is 3. The second kappa shape index (κ2) is 5.86. The molecule has 0 radical (unpaired) electrons. The van der Waals surface area contributed by atoms with Crippen LogP contribution in [-0.4, -0.2) is 25.4 Å². The van der Waals surface area contributed by atoms with Crippen LogP contribution < -0.4 is 5.56 Å².